The summed E-state index contributed by atoms with van der Waals surface area (Å²) in [6, 6.07) is 7.73. The molecule has 1 aromatic heterocycles. The number of aryl methyl sites for hydroxylation is 1. The summed E-state index contributed by atoms with van der Waals surface area (Å²) in [5, 5.41) is 0. The molecule has 0 radical (unpaired) electrons. The summed E-state index contributed by atoms with van der Waals surface area (Å²) in [4.78, 5) is 15.5. The Hall–Kier alpha value is -2.10. The molecule has 0 aliphatic heterocycles. The highest BCUT2D eigenvalue weighted by atomic mass is 16.5. The van der Waals surface area contributed by atoms with Gasteiger partial charge in [-0.05, 0) is 18.1 Å². The molecule has 0 saturated heterocycles. The smallest absolute Gasteiger partial charge is 0.269 e. The van der Waals surface area contributed by atoms with E-state index >= 15 is 0 Å². The van der Waals surface area contributed by atoms with Crippen LogP contribution in [0.3, 0.4) is 0 Å². The number of para-hydroxylation sites is 1. The number of imidazole rings is 1. The van der Waals surface area contributed by atoms with Crippen LogP contribution in [-0.4, -0.2) is 22.1 Å². The lowest BCUT2D eigenvalue weighted by Gasteiger charge is -2.09. The first-order valence-corrected chi connectivity index (χ1v) is 5.53. The largest absolute Gasteiger partial charge is 0.483 e. The molecule has 4 nitrogen and oxygen atoms in total. The lowest BCUT2D eigenvalue weighted by Crippen LogP contribution is -2.18. The Morgan fingerprint density at radius 3 is 2.94 bits per heavy atom. The van der Waals surface area contributed by atoms with E-state index in [0.29, 0.717) is 0 Å². The molecule has 4 heteroatoms. The van der Waals surface area contributed by atoms with E-state index in [1.165, 1.54) is 10.9 Å². The molecular weight excluding hydrogens is 216 g/mol. The van der Waals surface area contributed by atoms with Crippen molar-refractivity contribution in [2.75, 3.05) is 6.61 Å². The first kappa shape index (κ1) is 11.4. The zero-order chi connectivity index (χ0) is 12.1. The van der Waals surface area contributed by atoms with Gasteiger partial charge in [0.2, 0.25) is 0 Å². The fourth-order valence-corrected chi connectivity index (χ4v) is 1.56. The third-order valence-electron chi connectivity index (χ3n) is 2.50. The highest BCUT2D eigenvalue weighted by molar-refractivity contribution is 5.80. The van der Waals surface area contributed by atoms with Crippen molar-refractivity contribution in [3.8, 4) is 5.75 Å². The lowest BCUT2D eigenvalue weighted by atomic mass is 10.1. The standard InChI is InChI=1S/C13H14N2O2/c1-2-11-5-3-4-6-12(11)17-9-13(16)15-8-7-14-10-15/h3-8,10H,2,9H2,1H3. The Bertz CT molecular complexity index is 492. The van der Waals surface area contributed by atoms with Crippen LogP contribution >= 0.6 is 0 Å². The van der Waals surface area contributed by atoms with Gasteiger partial charge in [0, 0.05) is 12.4 Å². The Morgan fingerprint density at radius 1 is 1.41 bits per heavy atom. The zero-order valence-electron chi connectivity index (χ0n) is 9.67. The lowest BCUT2D eigenvalue weighted by molar-refractivity contribution is 0.0837. The zero-order valence-corrected chi connectivity index (χ0v) is 9.67. The van der Waals surface area contributed by atoms with E-state index in [1.807, 2.05) is 24.3 Å². The summed E-state index contributed by atoms with van der Waals surface area (Å²) in [7, 11) is 0. The van der Waals surface area contributed by atoms with Crippen LogP contribution in [0.4, 0.5) is 0 Å². The van der Waals surface area contributed by atoms with Gasteiger partial charge in [0.05, 0.1) is 0 Å². The highest BCUT2D eigenvalue weighted by Crippen LogP contribution is 2.18. The molecule has 0 amide bonds. The summed E-state index contributed by atoms with van der Waals surface area (Å²) >= 11 is 0. The molecule has 0 fully saturated rings. The van der Waals surface area contributed by atoms with E-state index in [9.17, 15) is 4.79 Å². The minimum Gasteiger partial charge on any atom is -0.483 e. The van der Waals surface area contributed by atoms with Crippen LogP contribution in [0.5, 0.6) is 5.75 Å². The van der Waals surface area contributed by atoms with Crippen LogP contribution < -0.4 is 4.74 Å². The number of benzene rings is 1. The molecule has 0 N–H and O–H groups in total. The van der Waals surface area contributed by atoms with Crippen LogP contribution in [0, 0.1) is 0 Å². The normalized spacial score (nSPS) is 10.2. The fraction of sp³-hybridized carbons (Fsp3) is 0.231. The van der Waals surface area contributed by atoms with E-state index in [0.717, 1.165) is 17.7 Å². The molecule has 0 aliphatic rings. The second-order valence-electron chi connectivity index (χ2n) is 3.61. The molecule has 2 aromatic rings. The Morgan fingerprint density at radius 2 is 2.24 bits per heavy atom. The SMILES string of the molecule is CCc1ccccc1OCC(=O)n1ccnc1. The van der Waals surface area contributed by atoms with Crippen molar-refractivity contribution in [2.45, 2.75) is 13.3 Å². The van der Waals surface area contributed by atoms with Gasteiger partial charge >= 0.3 is 0 Å². The van der Waals surface area contributed by atoms with Crippen LogP contribution in [0.15, 0.2) is 43.0 Å². The molecule has 17 heavy (non-hydrogen) atoms. The third kappa shape index (κ3) is 2.72. The first-order chi connectivity index (χ1) is 8.31. The van der Waals surface area contributed by atoms with Gasteiger partial charge in [-0.3, -0.25) is 9.36 Å². The Labute approximate surface area is 99.9 Å². The topological polar surface area (TPSA) is 44.1 Å². The van der Waals surface area contributed by atoms with E-state index in [2.05, 4.69) is 11.9 Å². The van der Waals surface area contributed by atoms with Gasteiger partial charge in [-0.1, -0.05) is 25.1 Å². The summed E-state index contributed by atoms with van der Waals surface area (Å²) in [5.74, 6) is 0.636. The van der Waals surface area contributed by atoms with Crippen LogP contribution in [0.25, 0.3) is 0 Å². The molecule has 2 rings (SSSR count). The van der Waals surface area contributed by atoms with Crippen LogP contribution in [0.2, 0.25) is 0 Å². The molecule has 0 saturated carbocycles. The monoisotopic (exact) mass is 230 g/mol. The molecule has 0 spiro atoms. The minimum absolute atomic E-state index is 0.0212. The van der Waals surface area contributed by atoms with Crippen molar-refractivity contribution in [1.29, 1.82) is 0 Å². The maximum Gasteiger partial charge on any atom is 0.269 e. The summed E-state index contributed by atoms with van der Waals surface area (Å²) in [6.07, 6.45) is 5.53. The van der Waals surface area contributed by atoms with Gasteiger partial charge in [-0.25, -0.2) is 4.98 Å². The third-order valence-corrected chi connectivity index (χ3v) is 2.50. The number of nitrogens with zero attached hydrogens (tertiary/aromatic N) is 2. The van der Waals surface area contributed by atoms with Crippen molar-refractivity contribution < 1.29 is 9.53 Å². The maximum atomic E-state index is 11.7. The van der Waals surface area contributed by atoms with Gasteiger partial charge in [0.15, 0.2) is 6.61 Å². The van der Waals surface area contributed by atoms with E-state index in [4.69, 9.17) is 4.74 Å². The average molecular weight is 230 g/mol. The van der Waals surface area contributed by atoms with Crippen LogP contribution in [-0.2, 0) is 6.42 Å². The van der Waals surface area contributed by atoms with Crippen molar-refractivity contribution in [3.05, 3.63) is 48.5 Å². The minimum atomic E-state index is -0.131. The van der Waals surface area contributed by atoms with Gasteiger partial charge in [-0.15, -0.1) is 0 Å². The number of hydrogen-bond donors (Lipinski definition) is 0. The second kappa shape index (κ2) is 5.30. The molecule has 1 aromatic carbocycles. The first-order valence-electron chi connectivity index (χ1n) is 5.53. The van der Waals surface area contributed by atoms with E-state index in [-0.39, 0.29) is 12.5 Å². The van der Waals surface area contributed by atoms with E-state index in [1.54, 1.807) is 12.4 Å². The summed E-state index contributed by atoms with van der Waals surface area (Å²) in [5.41, 5.74) is 1.10. The second-order valence-corrected chi connectivity index (χ2v) is 3.61. The van der Waals surface area contributed by atoms with Crippen molar-refractivity contribution in [1.82, 2.24) is 9.55 Å². The van der Waals surface area contributed by atoms with E-state index < -0.39 is 0 Å². The predicted molar refractivity (Wildman–Crippen MR) is 64.2 cm³/mol. The predicted octanol–water partition coefficient (Wildman–Crippen LogP) is 2.16. The quantitative estimate of drug-likeness (QED) is 0.808. The number of hydrogen-bond acceptors (Lipinski definition) is 3. The van der Waals surface area contributed by atoms with Gasteiger partial charge in [0.25, 0.3) is 5.91 Å². The molecule has 0 atom stereocenters. The van der Waals surface area contributed by atoms with Crippen molar-refractivity contribution >= 4 is 5.91 Å². The molecule has 0 aliphatic carbocycles. The average Bonchev–Trinajstić information content (AvgIpc) is 2.90. The Balaban J connectivity index is 2.00. The van der Waals surface area contributed by atoms with Crippen molar-refractivity contribution in [2.24, 2.45) is 0 Å². The maximum absolute atomic E-state index is 11.7. The molecule has 0 bridgehead atoms. The Kier molecular flexibility index (Phi) is 3.55. The van der Waals surface area contributed by atoms with Gasteiger partial charge in [-0.2, -0.15) is 0 Å². The molecule has 1 heterocycles. The van der Waals surface area contributed by atoms with Crippen molar-refractivity contribution in [3.63, 3.8) is 0 Å². The highest BCUT2D eigenvalue weighted by Gasteiger charge is 2.06. The van der Waals surface area contributed by atoms with Gasteiger partial charge < -0.3 is 4.74 Å². The fourth-order valence-electron chi connectivity index (χ4n) is 1.56. The number of carbonyl (C=O) groups is 1. The summed E-state index contributed by atoms with van der Waals surface area (Å²) < 4.78 is 6.93. The van der Waals surface area contributed by atoms with Crippen LogP contribution in [0.1, 0.15) is 17.3 Å². The molecule has 88 valence electrons. The number of ether oxygens (including phenoxy) is 1. The van der Waals surface area contributed by atoms with Gasteiger partial charge in [0.1, 0.15) is 12.1 Å². The molecule has 0 unspecified atom stereocenters. The molecular formula is C13H14N2O2. The number of carbonyl (C=O) groups excluding carboxylic acids is 1. The number of aromatic nitrogens is 2. The summed E-state index contributed by atoms with van der Waals surface area (Å²) in [6.45, 7) is 2.08. The number of rotatable bonds is 4.